The zero-order valence-corrected chi connectivity index (χ0v) is 16.7. The topological polar surface area (TPSA) is 56.7 Å². The quantitative estimate of drug-likeness (QED) is 0.584. The second-order valence-corrected chi connectivity index (χ2v) is 7.85. The molecular formula is C23H27FN4O. The van der Waals surface area contributed by atoms with E-state index in [1.807, 2.05) is 41.3 Å². The summed E-state index contributed by atoms with van der Waals surface area (Å²) in [6.45, 7) is 2.08. The highest BCUT2D eigenvalue weighted by atomic mass is 19.1. The van der Waals surface area contributed by atoms with Crippen LogP contribution in [0.1, 0.15) is 36.8 Å². The van der Waals surface area contributed by atoms with Crippen LogP contribution in [0.3, 0.4) is 0 Å². The smallest absolute Gasteiger partial charge is 0.227 e. The first kappa shape index (κ1) is 19.4. The average molecular weight is 394 g/mol. The summed E-state index contributed by atoms with van der Waals surface area (Å²) in [7, 11) is 1.74. The molecule has 1 saturated carbocycles. The molecule has 1 heterocycles. The Bertz CT molecular complexity index is 905. The number of benzene rings is 2. The lowest BCUT2D eigenvalue weighted by Gasteiger charge is -2.20. The molecule has 2 aliphatic rings. The number of nitrogens with zero attached hydrogens (tertiary/aromatic N) is 2. The Morgan fingerprint density at radius 2 is 1.90 bits per heavy atom. The lowest BCUT2D eigenvalue weighted by molar-refractivity contribution is -0.117. The zero-order valence-electron chi connectivity index (χ0n) is 16.7. The predicted molar refractivity (Wildman–Crippen MR) is 114 cm³/mol. The van der Waals surface area contributed by atoms with Crippen molar-refractivity contribution in [2.45, 2.75) is 37.6 Å². The first-order valence-corrected chi connectivity index (χ1v) is 10.2. The van der Waals surface area contributed by atoms with E-state index in [9.17, 15) is 9.18 Å². The molecule has 2 fully saturated rings. The molecule has 2 aromatic carbocycles. The van der Waals surface area contributed by atoms with E-state index in [2.05, 4.69) is 15.6 Å². The van der Waals surface area contributed by atoms with Crippen LogP contribution < -0.4 is 15.5 Å². The summed E-state index contributed by atoms with van der Waals surface area (Å²) in [5.41, 5.74) is 2.72. The molecule has 1 aliphatic carbocycles. The van der Waals surface area contributed by atoms with Crippen LogP contribution in [0.15, 0.2) is 53.5 Å². The van der Waals surface area contributed by atoms with E-state index in [1.165, 1.54) is 6.07 Å². The molecule has 5 nitrogen and oxygen atoms in total. The molecule has 0 aromatic heterocycles. The van der Waals surface area contributed by atoms with Gasteiger partial charge in [-0.25, -0.2) is 4.39 Å². The summed E-state index contributed by atoms with van der Waals surface area (Å²) in [6.07, 6.45) is 3.53. The van der Waals surface area contributed by atoms with Gasteiger partial charge in [-0.1, -0.05) is 30.3 Å². The van der Waals surface area contributed by atoms with Gasteiger partial charge in [0.15, 0.2) is 5.96 Å². The lowest BCUT2D eigenvalue weighted by atomic mass is 9.95. The Labute approximate surface area is 171 Å². The van der Waals surface area contributed by atoms with Crippen LogP contribution in [0.25, 0.3) is 0 Å². The highest BCUT2D eigenvalue weighted by Gasteiger charge is 2.45. The fourth-order valence-corrected chi connectivity index (χ4v) is 3.96. The Kier molecular flexibility index (Phi) is 5.51. The second-order valence-electron chi connectivity index (χ2n) is 7.85. The largest absolute Gasteiger partial charge is 0.356 e. The minimum atomic E-state index is -0.133. The van der Waals surface area contributed by atoms with Crippen molar-refractivity contribution in [1.82, 2.24) is 10.6 Å². The normalized spacial score (nSPS) is 18.1. The van der Waals surface area contributed by atoms with E-state index in [4.69, 9.17) is 0 Å². The van der Waals surface area contributed by atoms with E-state index in [0.717, 1.165) is 42.6 Å². The zero-order chi connectivity index (χ0) is 20.3. The van der Waals surface area contributed by atoms with Gasteiger partial charge in [-0.05, 0) is 48.6 Å². The number of halogens is 1. The highest BCUT2D eigenvalue weighted by molar-refractivity contribution is 5.95. The van der Waals surface area contributed by atoms with Gasteiger partial charge in [-0.3, -0.25) is 9.79 Å². The highest BCUT2D eigenvalue weighted by Crippen LogP contribution is 2.48. The summed E-state index contributed by atoms with van der Waals surface area (Å²) >= 11 is 0. The van der Waals surface area contributed by atoms with Crippen LogP contribution in [0.4, 0.5) is 10.1 Å². The molecule has 2 N–H and O–H groups in total. The first-order chi connectivity index (χ1) is 14.1. The molecule has 1 amide bonds. The number of rotatable bonds is 6. The summed E-state index contributed by atoms with van der Waals surface area (Å²) in [6, 6.07) is 15.1. The molecule has 0 radical (unpaired) electrons. The third kappa shape index (κ3) is 4.26. The molecule has 0 bridgehead atoms. The maximum Gasteiger partial charge on any atom is 0.227 e. The third-order valence-corrected chi connectivity index (χ3v) is 5.90. The fourth-order valence-electron chi connectivity index (χ4n) is 3.96. The van der Waals surface area contributed by atoms with Crippen molar-refractivity contribution in [2.75, 3.05) is 25.0 Å². The minimum Gasteiger partial charge on any atom is -0.356 e. The number of amides is 1. The Morgan fingerprint density at radius 3 is 2.52 bits per heavy atom. The van der Waals surface area contributed by atoms with Gasteiger partial charge in [0, 0.05) is 44.2 Å². The molecule has 2 aromatic rings. The van der Waals surface area contributed by atoms with E-state index >= 15 is 0 Å². The number of guanidine groups is 1. The number of aliphatic imine (C=N–C) groups is 1. The van der Waals surface area contributed by atoms with E-state index in [-0.39, 0.29) is 17.1 Å². The van der Waals surface area contributed by atoms with Crippen molar-refractivity contribution < 1.29 is 9.18 Å². The molecule has 4 rings (SSSR count). The molecule has 1 saturated heterocycles. The van der Waals surface area contributed by atoms with Crippen molar-refractivity contribution in [2.24, 2.45) is 4.99 Å². The monoisotopic (exact) mass is 394 g/mol. The number of carbonyl (C=O) groups excluding carboxylic acids is 1. The summed E-state index contributed by atoms with van der Waals surface area (Å²) in [5.74, 6) is 0.766. The lowest BCUT2D eigenvalue weighted by Crippen LogP contribution is -2.41. The second kappa shape index (κ2) is 8.23. The summed E-state index contributed by atoms with van der Waals surface area (Å²) < 4.78 is 14.2. The van der Waals surface area contributed by atoms with Crippen LogP contribution in [0, 0.1) is 5.82 Å². The number of anilines is 1. The SMILES string of the molecule is CN=C(NCc1ccc(N2CCCC2=O)cc1)NCC1(c2ccccc2F)CC1. The Morgan fingerprint density at radius 1 is 1.14 bits per heavy atom. The van der Waals surface area contributed by atoms with Crippen molar-refractivity contribution in [3.05, 3.63) is 65.5 Å². The Balaban J connectivity index is 1.31. The number of hydrogen-bond donors (Lipinski definition) is 2. The molecule has 6 heteroatoms. The van der Waals surface area contributed by atoms with Gasteiger partial charge in [0.05, 0.1) is 0 Å². The van der Waals surface area contributed by atoms with Gasteiger partial charge >= 0.3 is 0 Å². The first-order valence-electron chi connectivity index (χ1n) is 10.2. The van der Waals surface area contributed by atoms with Gasteiger partial charge in [-0.15, -0.1) is 0 Å². The summed E-state index contributed by atoms with van der Waals surface area (Å²) in [4.78, 5) is 18.0. The van der Waals surface area contributed by atoms with Crippen LogP contribution in [0.5, 0.6) is 0 Å². The molecule has 29 heavy (non-hydrogen) atoms. The van der Waals surface area contributed by atoms with Crippen molar-refractivity contribution in [1.29, 1.82) is 0 Å². The number of carbonyl (C=O) groups is 1. The molecule has 152 valence electrons. The van der Waals surface area contributed by atoms with Gasteiger partial charge < -0.3 is 15.5 Å². The standard InChI is InChI=1S/C23H27FN4O/c1-25-22(27-16-23(12-13-23)19-5-2-3-6-20(19)24)26-15-17-8-10-18(11-9-17)28-14-4-7-21(28)29/h2-3,5-6,8-11H,4,7,12-16H2,1H3,(H2,25,26,27). The van der Waals surface area contributed by atoms with Crippen molar-refractivity contribution in [3.63, 3.8) is 0 Å². The average Bonchev–Trinajstić information content (AvgIpc) is 3.41. The molecule has 0 unspecified atom stereocenters. The fraction of sp³-hybridized carbons (Fsp3) is 0.391. The predicted octanol–water partition coefficient (Wildman–Crippen LogP) is 3.35. The van der Waals surface area contributed by atoms with Gasteiger partial charge in [-0.2, -0.15) is 0 Å². The summed E-state index contributed by atoms with van der Waals surface area (Å²) in [5, 5.41) is 6.66. The van der Waals surface area contributed by atoms with E-state index in [1.54, 1.807) is 13.1 Å². The van der Waals surface area contributed by atoms with Crippen LogP contribution in [0.2, 0.25) is 0 Å². The van der Waals surface area contributed by atoms with Gasteiger partial charge in [0.25, 0.3) is 0 Å². The molecule has 1 aliphatic heterocycles. The molecule has 0 spiro atoms. The third-order valence-electron chi connectivity index (χ3n) is 5.90. The number of nitrogens with one attached hydrogen (secondary N) is 2. The van der Waals surface area contributed by atoms with E-state index < -0.39 is 0 Å². The van der Waals surface area contributed by atoms with Crippen LogP contribution >= 0.6 is 0 Å². The van der Waals surface area contributed by atoms with E-state index in [0.29, 0.717) is 25.5 Å². The van der Waals surface area contributed by atoms with Crippen LogP contribution in [-0.2, 0) is 16.8 Å². The van der Waals surface area contributed by atoms with Gasteiger partial charge in [0.1, 0.15) is 5.82 Å². The molecular weight excluding hydrogens is 367 g/mol. The molecule has 0 atom stereocenters. The van der Waals surface area contributed by atoms with Gasteiger partial charge in [0.2, 0.25) is 5.91 Å². The maximum absolute atomic E-state index is 14.2. The maximum atomic E-state index is 14.2. The van der Waals surface area contributed by atoms with Crippen molar-refractivity contribution in [3.8, 4) is 0 Å². The number of hydrogen-bond acceptors (Lipinski definition) is 2. The Hall–Kier alpha value is -2.89. The van der Waals surface area contributed by atoms with Crippen molar-refractivity contribution >= 4 is 17.6 Å². The van der Waals surface area contributed by atoms with Crippen LogP contribution in [-0.4, -0.2) is 32.0 Å². The minimum absolute atomic E-state index is 0.132.